The second kappa shape index (κ2) is 6.87. The molecular weight excluding hydrogens is 298 g/mol. The first-order valence-electron chi connectivity index (χ1n) is 7.02. The second-order valence-electron chi connectivity index (χ2n) is 5.29. The minimum absolute atomic E-state index is 0.223. The summed E-state index contributed by atoms with van der Waals surface area (Å²) in [5.41, 5.74) is 1.40. The van der Waals surface area contributed by atoms with E-state index in [2.05, 4.69) is 0 Å². The van der Waals surface area contributed by atoms with Gasteiger partial charge in [-0.3, -0.25) is 24.3 Å². The lowest BCUT2D eigenvalue weighted by Gasteiger charge is -2.19. The number of benzene rings is 1. The average molecular weight is 315 g/mol. The molecule has 0 saturated carbocycles. The first kappa shape index (κ1) is 16.4. The van der Waals surface area contributed by atoms with E-state index in [0.29, 0.717) is 6.54 Å². The minimum atomic E-state index is -0.600. The van der Waals surface area contributed by atoms with Gasteiger partial charge in [-0.2, -0.15) is 0 Å². The van der Waals surface area contributed by atoms with Crippen molar-refractivity contribution in [1.29, 1.82) is 0 Å². The fraction of sp³-hybridized carbons (Fsp3) is 0.250. The fourth-order valence-corrected chi connectivity index (χ4v) is 2.15. The van der Waals surface area contributed by atoms with Gasteiger partial charge in [0.1, 0.15) is 6.54 Å². The van der Waals surface area contributed by atoms with Crippen molar-refractivity contribution in [3.05, 3.63) is 74.2 Å². The summed E-state index contributed by atoms with van der Waals surface area (Å²) in [6.45, 7) is 2.14. The van der Waals surface area contributed by atoms with Crippen LogP contribution in [0.15, 0.2) is 47.4 Å². The highest BCUT2D eigenvalue weighted by Crippen LogP contribution is 2.10. The maximum atomic E-state index is 12.3. The number of carbonyl (C=O) groups is 1. The molecule has 0 bridgehead atoms. The van der Waals surface area contributed by atoms with Crippen LogP contribution in [0.2, 0.25) is 0 Å². The van der Waals surface area contributed by atoms with Crippen molar-refractivity contribution in [2.75, 3.05) is 7.05 Å². The third-order valence-corrected chi connectivity index (χ3v) is 3.58. The Kier molecular flexibility index (Phi) is 4.90. The molecule has 120 valence electrons. The molecule has 7 heteroatoms. The van der Waals surface area contributed by atoms with E-state index in [4.69, 9.17) is 0 Å². The lowest BCUT2D eigenvalue weighted by atomic mass is 10.1. The number of aryl methyl sites for hydroxylation is 1. The number of nitro groups is 1. The number of amides is 1. The Labute approximate surface area is 132 Å². The summed E-state index contributed by atoms with van der Waals surface area (Å²) in [5.74, 6) is -0.296. The normalized spacial score (nSPS) is 10.3. The van der Waals surface area contributed by atoms with Crippen molar-refractivity contribution in [3.63, 3.8) is 0 Å². The number of hydrogen-bond donors (Lipinski definition) is 0. The summed E-state index contributed by atoms with van der Waals surface area (Å²) in [7, 11) is 1.64. The van der Waals surface area contributed by atoms with Crippen molar-refractivity contribution >= 4 is 11.6 Å². The van der Waals surface area contributed by atoms with Gasteiger partial charge in [-0.15, -0.1) is 0 Å². The highest BCUT2D eigenvalue weighted by molar-refractivity contribution is 5.75. The van der Waals surface area contributed by atoms with Crippen LogP contribution in [0.25, 0.3) is 0 Å². The zero-order chi connectivity index (χ0) is 17.0. The minimum Gasteiger partial charge on any atom is -0.340 e. The van der Waals surface area contributed by atoms with Crippen LogP contribution in [-0.4, -0.2) is 27.3 Å². The van der Waals surface area contributed by atoms with E-state index in [9.17, 15) is 19.7 Å². The third-order valence-electron chi connectivity index (χ3n) is 3.58. The monoisotopic (exact) mass is 315 g/mol. The second-order valence-corrected chi connectivity index (χ2v) is 5.29. The van der Waals surface area contributed by atoms with Crippen LogP contribution in [0.4, 0.5) is 5.69 Å². The van der Waals surface area contributed by atoms with Gasteiger partial charge in [0.15, 0.2) is 0 Å². The maximum Gasteiger partial charge on any atom is 0.285 e. The number of carbonyl (C=O) groups excluding carboxylic acids is 1. The molecule has 0 atom stereocenters. The first-order valence-corrected chi connectivity index (χ1v) is 7.02. The molecule has 2 aromatic rings. The van der Waals surface area contributed by atoms with E-state index in [1.54, 1.807) is 7.05 Å². The van der Waals surface area contributed by atoms with Crippen LogP contribution in [0.1, 0.15) is 11.1 Å². The van der Waals surface area contributed by atoms with Gasteiger partial charge in [0, 0.05) is 25.7 Å². The molecule has 0 aliphatic rings. The SMILES string of the molecule is Cc1ccccc1CN(C)C(=O)Cn1cc([N+](=O)[O-])ccc1=O. The Morgan fingerprint density at radius 1 is 1.26 bits per heavy atom. The van der Waals surface area contributed by atoms with Crippen LogP contribution in [0.3, 0.4) is 0 Å². The molecule has 0 saturated heterocycles. The number of rotatable bonds is 5. The number of pyridine rings is 1. The van der Waals surface area contributed by atoms with Gasteiger partial charge in [0.05, 0.1) is 11.1 Å². The molecule has 0 fully saturated rings. The molecule has 0 aliphatic carbocycles. The van der Waals surface area contributed by atoms with Crippen LogP contribution in [-0.2, 0) is 17.9 Å². The Morgan fingerprint density at radius 3 is 2.61 bits per heavy atom. The summed E-state index contributed by atoms with van der Waals surface area (Å²) >= 11 is 0. The summed E-state index contributed by atoms with van der Waals surface area (Å²) < 4.78 is 1.05. The summed E-state index contributed by atoms with van der Waals surface area (Å²) in [5, 5.41) is 10.8. The molecule has 0 N–H and O–H groups in total. The van der Waals surface area contributed by atoms with Crippen molar-refractivity contribution in [2.24, 2.45) is 0 Å². The smallest absolute Gasteiger partial charge is 0.285 e. The zero-order valence-electron chi connectivity index (χ0n) is 12.9. The van der Waals surface area contributed by atoms with Crippen molar-refractivity contribution in [3.8, 4) is 0 Å². The van der Waals surface area contributed by atoms with Gasteiger partial charge < -0.3 is 4.90 Å². The van der Waals surface area contributed by atoms with Crippen molar-refractivity contribution in [1.82, 2.24) is 9.47 Å². The predicted molar refractivity (Wildman–Crippen MR) is 85.0 cm³/mol. The van der Waals surface area contributed by atoms with Gasteiger partial charge >= 0.3 is 0 Å². The topological polar surface area (TPSA) is 85.4 Å². The Hall–Kier alpha value is -2.96. The molecule has 7 nitrogen and oxygen atoms in total. The first-order chi connectivity index (χ1) is 10.9. The van der Waals surface area contributed by atoms with E-state index >= 15 is 0 Å². The summed E-state index contributed by atoms with van der Waals surface area (Å²) in [6, 6.07) is 9.92. The Bertz CT molecular complexity index is 798. The molecule has 0 aliphatic heterocycles. The lowest BCUT2D eigenvalue weighted by molar-refractivity contribution is -0.385. The van der Waals surface area contributed by atoms with E-state index in [1.807, 2.05) is 31.2 Å². The highest BCUT2D eigenvalue weighted by atomic mass is 16.6. The van der Waals surface area contributed by atoms with Gasteiger partial charge in [-0.25, -0.2) is 0 Å². The number of nitrogens with zero attached hydrogens (tertiary/aromatic N) is 3. The largest absolute Gasteiger partial charge is 0.340 e. The van der Waals surface area contributed by atoms with E-state index in [0.717, 1.165) is 34.0 Å². The molecule has 0 unspecified atom stereocenters. The number of likely N-dealkylation sites (N-methyl/N-ethyl adjacent to an activating group) is 1. The van der Waals surface area contributed by atoms with Crippen molar-refractivity contribution < 1.29 is 9.72 Å². The zero-order valence-corrected chi connectivity index (χ0v) is 12.9. The average Bonchev–Trinajstić information content (AvgIpc) is 2.51. The van der Waals surface area contributed by atoms with Gasteiger partial charge in [-0.05, 0) is 18.1 Å². The van der Waals surface area contributed by atoms with Gasteiger partial charge in [0.25, 0.3) is 11.2 Å². The number of aromatic nitrogens is 1. The van der Waals surface area contributed by atoms with Crippen LogP contribution in [0.5, 0.6) is 0 Å². The van der Waals surface area contributed by atoms with Gasteiger partial charge in [0.2, 0.25) is 5.91 Å². The molecule has 23 heavy (non-hydrogen) atoms. The fourth-order valence-electron chi connectivity index (χ4n) is 2.15. The molecule has 0 radical (unpaired) electrons. The molecule has 1 heterocycles. The van der Waals surface area contributed by atoms with Crippen LogP contribution < -0.4 is 5.56 Å². The van der Waals surface area contributed by atoms with E-state index in [-0.39, 0.29) is 18.1 Å². The Morgan fingerprint density at radius 2 is 1.96 bits per heavy atom. The standard InChI is InChI=1S/C16H17N3O4/c1-12-5-3-4-6-13(12)9-17(2)16(21)11-18-10-14(19(22)23)7-8-15(18)20/h3-8,10H,9,11H2,1-2H3. The Balaban J connectivity index is 2.12. The van der Waals surface area contributed by atoms with E-state index in [1.165, 1.54) is 4.90 Å². The van der Waals surface area contributed by atoms with Crippen LogP contribution in [0, 0.1) is 17.0 Å². The number of hydrogen-bond acceptors (Lipinski definition) is 4. The lowest BCUT2D eigenvalue weighted by Crippen LogP contribution is -2.33. The van der Waals surface area contributed by atoms with Gasteiger partial charge in [-0.1, -0.05) is 24.3 Å². The molecule has 1 aromatic heterocycles. The third kappa shape index (κ3) is 4.03. The molecule has 0 spiro atoms. The predicted octanol–water partition coefficient (Wildman–Crippen LogP) is 1.72. The van der Waals surface area contributed by atoms with Crippen LogP contribution >= 0.6 is 0 Å². The molecule has 1 aromatic carbocycles. The summed E-state index contributed by atoms with van der Waals surface area (Å²) in [4.78, 5) is 35.6. The summed E-state index contributed by atoms with van der Waals surface area (Å²) in [6.07, 6.45) is 1.09. The maximum absolute atomic E-state index is 12.3. The molecule has 1 amide bonds. The highest BCUT2D eigenvalue weighted by Gasteiger charge is 2.14. The molecular formula is C16H17N3O4. The van der Waals surface area contributed by atoms with Crippen molar-refractivity contribution in [2.45, 2.75) is 20.0 Å². The quantitative estimate of drug-likeness (QED) is 0.621. The molecule has 2 rings (SSSR count). The van der Waals surface area contributed by atoms with E-state index < -0.39 is 10.5 Å².